The van der Waals surface area contributed by atoms with E-state index in [1.54, 1.807) is 14.2 Å². The second-order valence-corrected chi connectivity index (χ2v) is 4.37. The van der Waals surface area contributed by atoms with Crippen LogP contribution >= 0.6 is 11.6 Å². The van der Waals surface area contributed by atoms with Crippen molar-refractivity contribution in [1.29, 1.82) is 0 Å². The molecule has 0 saturated heterocycles. The molecule has 0 fully saturated rings. The lowest BCUT2D eigenvalue weighted by molar-refractivity contribution is 0.349. The molecule has 0 aliphatic heterocycles. The lowest BCUT2D eigenvalue weighted by Crippen LogP contribution is -2.12. The number of nitrogens with two attached hydrogens (primary N) is 1. The van der Waals surface area contributed by atoms with E-state index in [1.165, 1.54) is 0 Å². The van der Waals surface area contributed by atoms with Crippen LogP contribution in [0.25, 0.3) is 0 Å². The first-order chi connectivity index (χ1) is 8.10. The monoisotopic (exact) mass is 257 g/mol. The lowest BCUT2D eigenvalue weighted by Gasteiger charge is -2.20. The second kappa shape index (κ2) is 6.12. The standard InChI is InChI=1S/C13H20ClNO2/c1-5-9-6-10(16-3)13(17-4)11(12(9)14)8(2)7-15/h6,8H,5,7,15H2,1-4H3. The molecule has 0 aliphatic rings. The van der Waals surface area contributed by atoms with Crippen molar-refractivity contribution in [3.8, 4) is 11.5 Å². The van der Waals surface area contributed by atoms with Gasteiger partial charge in [0.2, 0.25) is 0 Å². The van der Waals surface area contributed by atoms with Crippen molar-refractivity contribution in [2.45, 2.75) is 26.2 Å². The summed E-state index contributed by atoms with van der Waals surface area (Å²) >= 11 is 6.40. The third-order valence-electron chi connectivity index (χ3n) is 2.94. The molecule has 4 heteroatoms. The van der Waals surface area contributed by atoms with Crippen molar-refractivity contribution >= 4 is 11.6 Å². The van der Waals surface area contributed by atoms with Crippen LogP contribution in [0.4, 0.5) is 0 Å². The van der Waals surface area contributed by atoms with E-state index < -0.39 is 0 Å². The summed E-state index contributed by atoms with van der Waals surface area (Å²) in [6, 6.07) is 1.92. The molecule has 96 valence electrons. The van der Waals surface area contributed by atoms with Gasteiger partial charge in [-0.15, -0.1) is 0 Å². The van der Waals surface area contributed by atoms with Gasteiger partial charge >= 0.3 is 0 Å². The SMILES string of the molecule is CCc1cc(OC)c(OC)c(C(C)CN)c1Cl. The van der Waals surface area contributed by atoms with Crippen LogP contribution in [0.2, 0.25) is 5.02 Å². The average molecular weight is 258 g/mol. The lowest BCUT2D eigenvalue weighted by atomic mass is 9.96. The fourth-order valence-electron chi connectivity index (χ4n) is 1.87. The van der Waals surface area contributed by atoms with Gasteiger partial charge in [-0.2, -0.15) is 0 Å². The van der Waals surface area contributed by atoms with Gasteiger partial charge < -0.3 is 15.2 Å². The highest BCUT2D eigenvalue weighted by Gasteiger charge is 2.21. The predicted molar refractivity (Wildman–Crippen MR) is 71.4 cm³/mol. The van der Waals surface area contributed by atoms with Crippen molar-refractivity contribution in [1.82, 2.24) is 0 Å². The normalized spacial score (nSPS) is 12.4. The van der Waals surface area contributed by atoms with Crippen molar-refractivity contribution in [2.24, 2.45) is 5.73 Å². The molecule has 17 heavy (non-hydrogen) atoms. The first kappa shape index (κ1) is 14.1. The predicted octanol–water partition coefficient (Wildman–Crippen LogP) is 2.98. The third-order valence-corrected chi connectivity index (χ3v) is 3.39. The van der Waals surface area contributed by atoms with Crippen LogP contribution in [0.3, 0.4) is 0 Å². The molecule has 0 aliphatic carbocycles. The summed E-state index contributed by atoms with van der Waals surface area (Å²) in [7, 11) is 3.24. The smallest absolute Gasteiger partial charge is 0.165 e. The Balaban J connectivity index is 3.49. The van der Waals surface area contributed by atoms with Crippen LogP contribution in [0.1, 0.15) is 30.9 Å². The summed E-state index contributed by atoms with van der Waals surface area (Å²) in [5.41, 5.74) is 7.72. The molecular weight excluding hydrogens is 238 g/mol. The molecule has 0 radical (unpaired) electrons. The first-order valence-corrected chi connectivity index (χ1v) is 6.11. The van der Waals surface area contributed by atoms with Gasteiger partial charge in [0.1, 0.15) is 0 Å². The van der Waals surface area contributed by atoms with Gasteiger partial charge in [-0.25, -0.2) is 0 Å². The topological polar surface area (TPSA) is 44.5 Å². The minimum atomic E-state index is 0.137. The summed E-state index contributed by atoms with van der Waals surface area (Å²) < 4.78 is 10.8. The Morgan fingerprint density at radius 1 is 1.35 bits per heavy atom. The Bertz CT molecular complexity index is 393. The molecule has 0 heterocycles. The largest absolute Gasteiger partial charge is 0.493 e. The average Bonchev–Trinajstić information content (AvgIpc) is 2.36. The highest BCUT2D eigenvalue weighted by molar-refractivity contribution is 6.32. The fraction of sp³-hybridized carbons (Fsp3) is 0.538. The van der Waals surface area contributed by atoms with E-state index in [1.807, 2.05) is 13.0 Å². The summed E-state index contributed by atoms with van der Waals surface area (Å²) in [6.45, 7) is 4.61. The number of halogens is 1. The number of hydrogen-bond acceptors (Lipinski definition) is 3. The van der Waals surface area contributed by atoms with E-state index in [2.05, 4.69) is 6.92 Å². The molecular formula is C13H20ClNO2. The summed E-state index contributed by atoms with van der Waals surface area (Å²) in [6.07, 6.45) is 0.851. The highest BCUT2D eigenvalue weighted by atomic mass is 35.5. The summed E-state index contributed by atoms with van der Waals surface area (Å²) in [4.78, 5) is 0. The van der Waals surface area contributed by atoms with Crippen molar-refractivity contribution in [3.63, 3.8) is 0 Å². The van der Waals surface area contributed by atoms with Crippen molar-refractivity contribution in [2.75, 3.05) is 20.8 Å². The van der Waals surface area contributed by atoms with Crippen molar-refractivity contribution in [3.05, 3.63) is 22.2 Å². The van der Waals surface area contributed by atoms with Gasteiger partial charge in [0.15, 0.2) is 11.5 Å². The van der Waals surface area contributed by atoms with E-state index in [0.29, 0.717) is 18.0 Å². The van der Waals surface area contributed by atoms with E-state index in [-0.39, 0.29) is 5.92 Å². The zero-order chi connectivity index (χ0) is 13.0. The third kappa shape index (κ3) is 2.67. The quantitative estimate of drug-likeness (QED) is 0.882. The summed E-state index contributed by atoms with van der Waals surface area (Å²) in [5, 5.41) is 0.739. The number of hydrogen-bond donors (Lipinski definition) is 1. The van der Waals surface area contributed by atoms with Gasteiger partial charge in [0, 0.05) is 5.56 Å². The van der Waals surface area contributed by atoms with Gasteiger partial charge in [-0.1, -0.05) is 25.4 Å². The number of aryl methyl sites for hydroxylation is 1. The molecule has 2 N–H and O–H groups in total. The zero-order valence-corrected chi connectivity index (χ0v) is 11.6. The highest BCUT2D eigenvalue weighted by Crippen LogP contribution is 2.42. The second-order valence-electron chi connectivity index (χ2n) is 3.99. The Kier molecular flexibility index (Phi) is 5.09. The van der Waals surface area contributed by atoms with Crippen LogP contribution < -0.4 is 15.2 Å². The number of benzene rings is 1. The molecule has 1 rings (SSSR count). The number of methoxy groups -OCH3 is 2. The molecule has 1 aromatic rings. The molecule has 1 atom stereocenters. The Morgan fingerprint density at radius 3 is 2.41 bits per heavy atom. The van der Waals surface area contributed by atoms with Crippen LogP contribution in [0.15, 0.2) is 6.07 Å². The van der Waals surface area contributed by atoms with Crippen LogP contribution in [0, 0.1) is 0 Å². The van der Waals surface area contributed by atoms with Crippen molar-refractivity contribution < 1.29 is 9.47 Å². The van der Waals surface area contributed by atoms with Crippen LogP contribution in [0.5, 0.6) is 11.5 Å². The molecule has 0 spiro atoms. The minimum Gasteiger partial charge on any atom is -0.493 e. The van der Waals surface area contributed by atoms with E-state index in [0.717, 1.165) is 22.6 Å². The van der Waals surface area contributed by atoms with Crippen LogP contribution in [-0.4, -0.2) is 20.8 Å². The Labute approximate surface area is 108 Å². The molecule has 0 aromatic heterocycles. The Hall–Kier alpha value is -0.930. The summed E-state index contributed by atoms with van der Waals surface area (Å²) in [5.74, 6) is 1.54. The first-order valence-electron chi connectivity index (χ1n) is 5.73. The Morgan fingerprint density at radius 2 is 2.00 bits per heavy atom. The molecule has 0 bridgehead atoms. The van der Waals surface area contributed by atoms with Gasteiger partial charge in [-0.3, -0.25) is 0 Å². The molecule has 1 aromatic carbocycles. The molecule has 0 saturated carbocycles. The zero-order valence-electron chi connectivity index (χ0n) is 10.8. The van der Waals surface area contributed by atoms with Gasteiger partial charge in [0.25, 0.3) is 0 Å². The van der Waals surface area contributed by atoms with Gasteiger partial charge in [-0.05, 0) is 30.5 Å². The maximum atomic E-state index is 6.40. The molecule has 3 nitrogen and oxygen atoms in total. The molecule has 1 unspecified atom stereocenters. The van der Waals surface area contributed by atoms with Gasteiger partial charge in [0.05, 0.1) is 19.2 Å². The van der Waals surface area contributed by atoms with E-state index >= 15 is 0 Å². The minimum absolute atomic E-state index is 0.137. The van der Waals surface area contributed by atoms with Crippen LogP contribution in [-0.2, 0) is 6.42 Å². The van der Waals surface area contributed by atoms with E-state index in [4.69, 9.17) is 26.8 Å². The fourth-order valence-corrected chi connectivity index (χ4v) is 2.33. The maximum absolute atomic E-state index is 6.40. The van der Waals surface area contributed by atoms with E-state index in [9.17, 15) is 0 Å². The molecule has 0 amide bonds. The number of ether oxygens (including phenoxy) is 2. The maximum Gasteiger partial charge on any atom is 0.165 e. The number of rotatable bonds is 5.